The van der Waals surface area contributed by atoms with Crippen LogP contribution >= 0.6 is 38.9 Å². The van der Waals surface area contributed by atoms with E-state index in [1.807, 2.05) is 25.1 Å². The third-order valence-corrected chi connectivity index (χ3v) is 5.08. The molecule has 3 nitrogen and oxygen atoms in total. The molecule has 0 spiro atoms. The van der Waals surface area contributed by atoms with Crippen molar-refractivity contribution in [2.24, 2.45) is 0 Å². The highest BCUT2D eigenvalue weighted by molar-refractivity contribution is 9.10. The van der Waals surface area contributed by atoms with E-state index in [0.717, 1.165) is 20.9 Å². The number of carbonyl (C=O) groups excluding carboxylic acids is 1. The fourth-order valence-electron chi connectivity index (χ4n) is 1.96. The van der Waals surface area contributed by atoms with E-state index in [4.69, 9.17) is 11.6 Å². The maximum Gasteiger partial charge on any atom is 0.255 e. The van der Waals surface area contributed by atoms with Crippen molar-refractivity contribution in [2.75, 3.05) is 5.32 Å². The van der Waals surface area contributed by atoms with Gasteiger partial charge in [0.1, 0.15) is 0 Å². The second kappa shape index (κ2) is 5.75. The SMILES string of the molecule is Cc1nc2ccc(NC(=O)c3ccc(Cl)c(Br)c3)cc2s1. The molecule has 0 radical (unpaired) electrons. The first-order valence-electron chi connectivity index (χ1n) is 6.16. The van der Waals surface area contributed by atoms with Gasteiger partial charge in [0.25, 0.3) is 5.91 Å². The van der Waals surface area contributed by atoms with Crippen molar-refractivity contribution in [2.45, 2.75) is 6.92 Å². The summed E-state index contributed by atoms with van der Waals surface area (Å²) in [6.07, 6.45) is 0. The maximum atomic E-state index is 12.2. The number of thiazole rings is 1. The highest BCUT2D eigenvalue weighted by Crippen LogP contribution is 2.26. The fourth-order valence-corrected chi connectivity index (χ4v) is 3.32. The number of nitrogens with zero attached hydrogens (tertiary/aromatic N) is 1. The lowest BCUT2D eigenvalue weighted by molar-refractivity contribution is 0.102. The number of anilines is 1. The number of nitrogens with one attached hydrogen (secondary N) is 1. The van der Waals surface area contributed by atoms with Gasteiger partial charge in [-0.15, -0.1) is 11.3 Å². The van der Waals surface area contributed by atoms with Crippen LogP contribution in [0.3, 0.4) is 0 Å². The van der Waals surface area contributed by atoms with Crippen molar-refractivity contribution in [3.63, 3.8) is 0 Å². The molecule has 0 aliphatic carbocycles. The van der Waals surface area contributed by atoms with Gasteiger partial charge in [-0.2, -0.15) is 0 Å². The number of halogens is 2. The van der Waals surface area contributed by atoms with Crippen molar-refractivity contribution in [1.82, 2.24) is 4.98 Å². The number of benzene rings is 2. The van der Waals surface area contributed by atoms with Crippen LogP contribution in [0.4, 0.5) is 5.69 Å². The van der Waals surface area contributed by atoms with Crippen molar-refractivity contribution < 1.29 is 4.79 Å². The van der Waals surface area contributed by atoms with Crippen LogP contribution in [0.5, 0.6) is 0 Å². The van der Waals surface area contributed by atoms with E-state index in [-0.39, 0.29) is 5.91 Å². The standard InChI is InChI=1S/C15H10BrClN2OS/c1-8-18-13-5-3-10(7-14(13)21-8)19-15(20)9-2-4-12(17)11(16)6-9/h2-7H,1H3,(H,19,20). The van der Waals surface area contributed by atoms with Crippen LogP contribution in [0, 0.1) is 6.92 Å². The molecule has 0 saturated carbocycles. The van der Waals surface area contributed by atoms with E-state index in [9.17, 15) is 4.79 Å². The Kier molecular flexibility index (Phi) is 3.97. The average molecular weight is 382 g/mol. The molecule has 21 heavy (non-hydrogen) atoms. The molecular formula is C15H10BrClN2OS. The summed E-state index contributed by atoms with van der Waals surface area (Å²) in [6, 6.07) is 10.8. The summed E-state index contributed by atoms with van der Waals surface area (Å²) in [5.74, 6) is -0.173. The molecule has 106 valence electrons. The molecule has 1 amide bonds. The van der Waals surface area contributed by atoms with Gasteiger partial charge in [0, 0.05) is 15.7 Å². The Morgan fingerprint density at radius 3 is 2.86 bits per heavy atom. The third-order valence-electron chi connectivity index (χ3n) is 2.94. The maximum absolute atomic E-state index is 12.2. The van der Waals surface area contributed by atoms with E-state index >= 15 is 0 Å². The first kappa shape index (κ1) is 14.5. The van der Waals surface area contributed by atoms with Crippen LogP contribution in [-0.2, 0) is 0 Å². The Hall–Kier alpha value is -1.43. The summed E-state index contributed by atoms with van der Waals surface area (Å²) >= 11 is 10.9. The Bertz CT molecular complexity index is 847. The molecule has 1 N–H and O–H groups in total. The molecule has 0 saturated heterocycles. The zero-order chi connectivity index (χ0) is 15.0. The summed E-state index contributed by atoms with van der Waals surface area (Å²) in [4.78, 5) is 16.6. The Morgan fingerprint density at radius 1 is 1.29 bits per heavy atom. The van der Waals surface area contributed by atoms with Gasteiger partial charge in [0.15, 0.2) is 0 Å². The Labute approximate surface area is 139 Å². The molecule has 6 heteroatoms. The number of rotatable bonds is 2. The summed E-state index contributed by atoms with van der Waals surface area (Å²) in [6.45, 7) is 1.97. The predicted molar refractivity (Wildman–Crippen MR) is 91.5 cm³/mol. The van der Waals surface area contributed by atoms with Crippen LogP contribution < -0.4 is 5.32 Å². The predicted octanol–water partition coefficient (Wildman–Crippen LogP) is 5.27. The summed E-state index contributed by atoms with van der Waals surface area (Å²) < 4.78 is 1.76. The van der Waals surface area contributed by atoms with Crippen LogP contribution in [0.2, 0.25) is 5.02 Å². The number of fused-ring (bicyclic) bond motifs is 1. The third kappa shape index (κ3) is 3.10. The van der Waals surface area contributed by atoms with Gasteiger partial charge < -0.3 is 5.32 Å². The summed E-state index contributed by atoms with van der Waals surface area (Å²) in [5, 5.41) is 4.47. The summed E-state index contributed by atoms with van der Waals surface area (Å²) in [5.41, 5.74) is 2.25. The number of hydrogen-bond donors (Lipinski definition) is 1. The van der Waals surface area contributed by atoms with Gasteiger partial charge in [-0.3, -0.25) is 4.79 Å². The molecular weight excluding hydrogens is 372 g/mol. The Morgan fingerprint density at radius 2 is 2.10 bits per heavy atom. The van der Waals surface area contributed by atoms with Gasteiger partial charge in [-0.05, 0) is 59.3 Å². The monoisotopic (exact) mass is 380 g/mol. The fraction of sp³-hybridized carbons (Fsp3) is 0.0667. The number of aryl methyl sites for hydroxylation is 1. The van der Waals surface area contributed by atoms with Crippen molar-refractivity contribution in [1.29, 1.82) is 0 Å². The van der Waals surface area contributed by atoms with Gasteiger partial charge >= 0.3 is 0 Å². The van der Waals surface area contributed by atoms with E-state index in [1.54, 1.807) is 29.5 Å². The van der Waals surface area contributed by atoms with Crippen LogP contribution in [0.1, 0.15) is 15.4 Å². The molecule has 3 rings (SSSR count). The smallest absolute Gasteiger partial charge is 0.255 e. The lowest BCUT2D eigenvalue weighted by Gasteiger charge is -2.06. The number of carbonyl (C=O) groups is 1. The molecule has 0 bridgehead atoms. The number of amides is 1. The lowest BCUT2D eigenvalue weighted by Crippen LogP contribution is -2.11. The zero-order valence-corrected chi connectivity index (χ0v) is 14.1. The molecule has 0 fully saturated rings. The van der Waals surface area contributed by atoms with E-state index in [0.29, 0.717) is 15.1 Å². The molecule has 0 aliphatic rings. The molecule has 0 aliphatic heterocycles. The molecule has 0 unspecified atom stereocenters. The first-order valence-corrected chi connectivity index (χ1v) is 8.15. The normalized spacial score (nSPS) is 10.8. The minimum atomic E-state index is -0.173. The second-order valence-electron chi connectivity index (χ2n) is 4.50. The second-order valence-corrected chi connectivity index (χ2v) is 6.99. The van der Waals surface area contributed by atoms with Gasteiger partial charge in [-0.25, -0.2) is 4.98 Å². The first-order chi connectivity index (χ1) is 10.0. The highest BCUT2D eigenvalue weighted by Gasteiger charge is 2.09. The summed E-state index contributed by atoms with van der Waals surface area (Å²) in [7, 11) is 0. The molecule has 1 heterocycles. The van der Waals surface area contributed by atoms with Crippen LogP contribution in [0.25, 0.3) is 10.2 Å². The minimum absolute atomic E-state index is 0.173. The van der Waals surface area contributed by atoms with E-state index < -0.39 is 0 Å². The van der Waals surface area contributed by atoms with Gasteiger partial charge in [0.2, 0.25) is 0 Å². The van der Waals surface area contributed by atoms with E-state index in [1.165, 1.54) is 0 Å². The van der Waals surface area contributed by atoms with Gasteiger partial charge in [0.05, 0.1) is 20.2 Å². The van der Waals surface area contributed by atoms with Crippen molar-refractivity contribution >= 4 is 60.7 Å². The molecule has 0 atom stereocenters. The molecule has 3 aromatic rings. The van der Waals surface area contributed by atoms with Crippen molar-refractivity contribution in [3.05, 3.63) is 56.5 Å². The highest BCUT2D eigenvalue weighted by atomic mass is 79.9. The van der Waals surface area contributed by atoms with Gasteiger partial charge in [-0.1, -0.05) is 11.6 Å². The lowest BCUT2D eigenvalue weighted by atomic mass is 10.2. The average Bonchev–Trinajstić information content (AvgIpc) is 2.81. The van der Waals surface area contributed by atoms with E-state index in [2.05, 4.69) is 26.2 Å². The number of hydrogen-bond acceptors (Lipinski definition) is 3. The number of aromatic nitrogens is 1. The largest absolute Gasteiger partial charge is 0.322 e. The Balaban J connectivity index is 1.86. The minimum Gasteiger partial charge on any atom is -0.322 e. The van der Waals surface area contributed by atoms with Crippen LogP contribution in [0.15, 0.2) is 40.9 Å². The molecule has 1 aromatic heterocycles. The molecule has 2 aromatic carbocycles. The topological polar surface area (TPSA) is 42.0 Å². The van der Waals surface area contributed by atoms with Crippen LogP contribution in [-0.4, -0.2) is 10.9 Å². The van der Waals surface area contributed by atoms with Crippen molar-refractivity contribution in [3.8, 4) is 0 Å². The zero-order valence-electron chi connectivity index (χ0n) is 11.0. The quantitative estimate of drug-likeness (QED) is 0.657.